The van der Waals surface area contributed by atoms with Crippen molar-refractivity contribution in [1.29, 1.82) is 0 Å². The molecule has 7 heteroatoms. The first-order valence-electron chi connectivity index (χ1n) is 7.38. The van der Waals surface area contributed by atoms with Crippen LogP contribution in [0, 0.1) is 0 Å². The molecule has 118 valence electrons. The van der Waals surface area contributed by atoms with Crippen LogP contribution in [0.4, 0.5) is 5.95 Å². The van der Waals surface area contributed by atoms with Gasteiger partial charge in [0.15, 0.2) is 0 Å². The Morgan fingerprint density at radius 2 is 1.75 bits per heavy atom. The summed E-state index contributed by atoms with van der Waals surface area (Å²) in [5.74, 6) is -0.734. The molecule has 0 bridgehead atoms. The molecule has 0 amide bonds. The number of benzene rings is 2. The molecule has 0 fully saturated rings. The van der Waals surface area contributed by atoms with Gasteiger partial charge in [0.2, 0.25) is 5.95 Å². The summed E-state index contributed by atoms with van der Waals surface area (Å²) in [6.07, 6.45) is 1.60. The number of hydrogen-bond donors (Lipinski definition) is 2. The third kappa shape index (κ3) is 2.41. The van der Waals surface area contributed by atoms with Crippen molar-refractivity contribution >= 4 is 11.9 Å². The SMILES string of the molecule is O=C(O)C1=C[C@H](c2ccc(-c3ccccc3)cc2)n2nnnc2N1. The van der Waals surface area contributed by atoms with E-state index in [2.05, 4.69) is 20.8 Å². The van der Waals surface area contributed by atoms with Crippen LogP contribution in [0.2, 0.25) is 0 Å². The fourth-order valence-electron chi connectivity index (χ4n) is 2.72. The molecule has 24 heavy (non-hydrogen) atoms. The Bertz CT molecular complexity index is 916. The summed E-state index contributed by atoms with van der Waals surface area (Å²) in [4.78, 5) is 11.3. The van der Waals surface area contributed by atoms with Crippen molar-refractivity contribution < 1.29 is 9.90 Å². The van der Waals surface area contributed by atoms with Crippen LogP contribution in [0.25, 0.3) is 11.1 Å². The van der Waals surface area contributed by atoms with Gasteiger partial charge in [0, 0.05) is 0 Å². The molecule has 4 rings (SSSR count). The minimum atomic E-state index is -1.05. The van der Waals surface area contributed by atoms with Crippen molar-refractivity contribution in [2.24, 2.45) is 0 Å². The van der Waals surface area contributed by atoms with Gasteiger partial charge in [0.25, 0.3) is 0 Å². The number of carbonyl (C=O) groups is 1. The fourth-order valence-corrected chi connectivity index (χ4v) is 2.72. The van der Waals surface area contributed by atoms with Gasteiger partial charge in [-0.25, -0.2) is 4.79 Å². The Kier molecular flexibility index (Phi) is 3.31. The summed E-state index contributed by atoms with van der Waals surface area (Å²) in [5.41, 5.74) is 3.19. The van der Waals surface area contributed by atoms with Crippen molar-refractivity contribution in [2.75, 3.05) is 5.32 Å². The fraction of sp³-hybridized carbons (Fsp3) is 0.0588. The Labute approximate surface area is 137 Å². The number of tetrazole rings is 1. The molecule has 2 N–H and O–H groups in total. The lowest BCUT2D eigenvalue weighted by Gasteiger charge is -2.21. The number of nitrogens with zero attached hydrogens (tertiary/aromatic N) is 4. The van der Waals surface area contributed by atoms with Gasteiger partial charge in [-0.05, 0) is 33.2 Å². The lowest BCUT2D eigenvalue weighted by atomic mass is 9.99. The number of carboxylic acids is 1. The first kappa shape index (κ1) is 14.1. The second-order valence-corrected chi connectivity index (χ2v) is 5.39. The van der Waals surface area contributed by atoms with Gasteiger partial charge in [-0.3, -0.25) is 0 Å². The molecule has 7 nitrogen and oxygen atoms in total. The standard InChI is InChI=1S/C17H13N5O2/c23-16(24)14-10-15(22-17(18-14)19-20-21-22)13-8-6-12(7-9-13)11-4-2-1-3-5-11/h1-10,15H,(H,23,24)(H,18,19,21)/t15-/m1/s1. The van der Waals surface area contributed by atoms with Crippen molar-refractivity contribution in [3.05, 3.63) is 71.9 Å². The molecule has 0 unspecified atom stereocenters. The van der Waals surface area contributed by atoms with Gasteiger partial charge < -0.3 is 10.4 Å². The molecule has 2 heterocycles. The predicted octanol–water partition coefficient (Wildman–Crippen LogP) is 2.32. The number of allylic oxidation sites excluding steroid dienone is 1. The first-order chi connectivity index (χ1) is 11.7. The maximum atomic E-state index is 11.3. The average molecular weight is 319 g/mol. The number of anilines is 1. The van der Waals surface area contributed by atoms with Crippen molar-refractivity contribution in [3.8, 4) is 11.1 Å². The summed E-state index contributed by atoms with van der Waals surface area (Å²) >= 11 is 0. The predicted molar refractivity (Wildman–Crippen MR) is 87.2 cm³/mol. The van der Waals surface area contributed by atoms with Gasteiger partial charge in [-0.2, -0.15) is 4.68 Å². The number of aromatic nitrogens is 4. The van der Waals surface area contributed by atoms with Gasteiger partial charge in [0.05, 0.1) is 0 Å². The number of carboxylic acid groups (broad SMARTS) is 1. The lowest BCUT2D eigenvalue weighted by Crippen LogP contribution is -2.24. The molecule has 1 aliphatic heterocycles. The van der Waals surface area contributed by atoms with E-state index in [4.69, 9.17) is 0 Å². The zero-order chi connectivity index (χ0) is 16.5. The molecular formula is C17H13N5O2. The molecule has 0 spiro atoms. The Morgan fingerprint density at radius 3 is 2.46 bits per heavy atom. The van der Waals surface area contributed by atoms with Crippen LogP contribution in [0.15, 0.2) is 66.4 Å². The van der Waals surface area contributed by atoms with E-state index in [-0.39, 0.29) is 11.7 Å². The van der Waals surface area contributed by atoms with E-state index in [1.807, 2.05) is 54.6 Å². The van der Waals surface area contributed by atoms with E-state index < -0.39 is 5.97 Å². The van der Waals surface area contributed by atoms with Crippen molar-refractivity contribution in [2.45, 2.75) is 6.04 Å². The Balaban J connectivity index is 1.72. The van der Waals surface area contributed by atoms with Crippen LogP contribution in [0.3, 0.4) is 0 Å². The minimum Gasteiger partial charge on any atom is -0.477 e. The van der Waals surface area contributed by atoms with Crippen LogP contribution in [-0.4, -0.2) is 31.3 Å². The molecule has 0 radical (unpaired) electrons. The number of hydrogen-bond acceptors (Lipinski definition) is 5. The number of aliphatic carboxylic acids is 1. The molecule has 1 aromatic heterocycles. The number of rotatable bonds is 3. The summed E-state index contributed by atoms with van der Waals surface area (Å²) in [5, 5.41) is 23.3. The quantitative estimate of drug-likeness (QED) is 0.769. The second-order valence-electron chi connectivity index (χ2n) is 5.39. The third-order valence-corrected chi connectivity index (χ3v) is 3.92. The van der Waals surface area contributed by atoms with Crippen LogP contribution in [0.5, 0.6) is 0 Å². The van der Waals surface area contributed by atoms with Crippen LogP contribution in [0.1, 0.15) is 11.6 Å². The van der Waals surface area contributed by atoms with E-state index in [9.17, 15) is 9.90 Å². The van der Waals surface area contributed by atoms with E-state index in [1.54, 1.807) is 10.8 Å². The van der Waals surface area contributed by atoms with Gasteiger partial charge in [-0.1, -0.05) is 59.7 Å². The van der Waals surface area contributed by atoms with Gasteiger partial charge in [0.1, 0.15) is 11.7 Å². The maximum Gasteiger partial charge on any atom is 0.352 e. The maximum absolute atomic E-state index is 11.3. The van der Waals surface area contributed by atoms with Crippen molar-refractivity contribution in [3.63, 3.8) is 0 Å². The average Bonchev–Trinajstić information content (AvgIpc) is 3.10. The van der Waals surface area contributed by atoms with E-state index in [0.29, 0.717) is 5.95 Å². The highest BCUT2D eigenvalue weighted by Gasteiger charge is 2.26. The van der Waals surface area contributed by atoms with E-state index in [0.717, 1.165) is 16.7 Å². The molecule has 1 atom stereocenters. The minimum absolute atomic E-state index is 0.0643. The normalized spacial score (nSPS) is 16.0. The molecular weight excluding hydrogens is 306 g/mol. The topological polar surface area (TPSA) is 92.9 Å². The lowest BCUT2D eigenvalue weighted by molar-refractivity contribution is -0.132. The largest absolute Gasteiger partial charge is 0.477 e. The highest BCUT2D eigenvalue weighted by atomic mass is 16.4. The number of fused-ring (bicyclic) bond motifs is 1. The summed E-state index contributed by atoms with van der Waals surface area (Å²) in [6.45, 7) is 0. The first-order valence-corrected chi connectivity index (χ1v) is 7.38. The zero-order valence-corrected chi connectivity index (χ0v) is 12.5. The monoisotopic (exact) mass is 319 g/mol. The molecule has 0 saturated carbocycles. The van der Waals surface area contributed by atoms with Gasteiger partial charge in [-0.15, -0.1) is 0 Å². The van der Waals surface area contributed by atoms with Gasteiger partial charge >= 0.3 is 5.97 Å². The highest BCUT2D eigenvalue weighted by molar-refractivity contribution is 5.90. The van der Waals surface area contributed by atoms with E-state index in [1.165, 1.54) is 0 Å². The Hall–Kier alpha value is -3.48. The molecule has 2 aromatic carbocycles. The highest BCUT2D eigenvalue weighted by Crippen LogP contribution is 2.29. The number of nitrogens with one attached hydrogen (secondary N) is 1. The van der Waals surface area contributed by atoms with E-state index >= 15 is 0 Å². The van der Waals surface area contributed by atoms with Crippen LogP contribution >= 0.6 is 0 Å². The zero-order valence-electron chi connectivity index (χ0n) is 12.5. The van der Waals surface area contributed by atoms with Crippen molar-refractivity contribution in [1.82, 2.24) is 20.2 Å². The smallest absolute Gasteiger partial charge is 0.352 e. The third-order valence-electron chi connectivity index (χ3n) is 3.92. The Morgan fingerprint density at radius 1 is 1.04 bits per heavy atom. The van der Waals surface area contributed by atoms with Crippen LogP contribution < -0.4 is 5.32 Å². The summed E-state index contributed by atoms with van der Waals surface area (Å²) < 4.78 is 1.56. The molecule has 0 aliphatic carbocycles. The molecule has 3 aromatic rings. The molecule has 0 saturated heterocycles. The summed E-state index contributed by atoms with van der Waals surface area (Å²) in [7, 11) is 0. The van der Waals surface area contributed by atoms with Crippen LogP contribution in [-0.2, 0) is 4.79 Å². The summed E-state index contributed by atoms with van der Waals surface area (Å²) in [6, 6.07) is 17.6. The molecule has 1 aliphatic rings. The second kappa shape index (κ2) is 5.62.